The van der Waals surface area contributed by atoms with Crippen molar-refractivity contribution in [2.45, 2.75) is 411 Å². The Morgan fingerprint density at radius 3 is 0.863 bits per heavy atom. The Balaban J connectivity index is 3.59. The van der Waals surface area contributed by atoms with E-state index in [0.29, 0.717) is 19.3 Å². The number of hydrogen-bond donors (Lipinski definition) is 5. The molecule has 0 aliphatic rings. The van der Waals surface area contributed by atoms with E-state index in [0.717, 1.165) is 44.9 Å². The summed E-state index contributed by atoms with van der Waals surface area (Å²) in [6.45, 7) is 4.09. The third kappa shape index (κ3) is 60.8. The van der Waals surface area contributed by atoms with Crippen LogP contribution in [0.2, 0.25) is 0 Å². The van der Waals surface area contributed by atoms with Gasteiger partial charge in [0.15, 0.2) is 0 Å². The summed E-state index contributed by atoms with van der Waals surface area (Å²) in [7, 11) is 0. The second kappa shape index (κ2) is 68.1. The van der Waals surface area contributed by atoms with Gasteiger partial charge in [0.05, 0.1) is 18.8 Å². The molecule has 0 saturated heterocycles. The lowest BCUT2D eigenvalue weighted by atomic mass is 10.00. The zero-order valence-corrected chi connectivity index (χ0v) is 53.8. The largest absolute Gasteiger partial charge is 0.394 e. The highest BCUT2D eigenvalue weighted by Gasteiger charge is 2.28. The first-order valence-corrected chi connectivity index (χ1v) is 36.0. The maximum atomic E-state index is 12.7. The number of amides is 1. The molecule has 0 aromatic heterocycles. The zero-order valence-electron chi connectivity index (χ0n) is 53.8. The summed E-state index contributed by atoms with van der Waals surface area (Å²) in [4.78, 5) is 12.7. The molecule has 0 rings (SSSR count). The van der Waals surface area contributed by atoms with E-state index in [2.05, 4.69) is 67.8 Å². The smallest absolute Gasteiger partial charge is 0.249 e. The molecule has 0 saturated carbocycles. The summed E-state index contributed by atoms with van der Waals surface area (Å²) in [5.74, 6) is -0.593. The maximum absolute atomic E-state index is 12.7. The number of hydrogen-bond acceptors (Lipinski definition) is 5. The Morgan fingerprint density at radius 2 is 0.562 bits per heavy atom. The van der Waals surface area contributed by atoms with Crippen molar-refractivity contribution in [2.75, 3.05) is 6.61 Å². The first-order chi connectivity index (χ1) is 39.5. The van der Waals surface area contributed by atoms with Crippen molar-refractivity contribution >= 4 is 5.91 Å². The van der Waals surface area contributed by atoms with E-state index in [4.69, 9.17) is 0 Å². The molecular formula is C74H141NO5. The van der Waals surface area contributed by atoms with Crippen LogP contribution in [0.25, 0.3) is 0 Å². The van der Waals surface area contributed by atoms with Crippen LogP contribution in [0.4, 0.5) is 0 Å². The van der Waals surface area contributed by atoms with Crippen LogP contribution in [0.3, 0.4) is 0 Å². The van der Waals surface area contributed by atoms with Crippen LogP contribution >= 0.6 is 0 Å². The first-order valence-electron chi connectivity index (χ1n) is 36.0. The van der Waals surface area contributed by atoms with Crippen LogP contribution in [-0.4, -0.2) is 57.3 Å². The molecule has 472 valence electrons. The number of carbonyl (C=O) groups is 1. The maximum Gasteiger partial charge on any atom is 0.249 e. The van der Waals surface area contributed by atoms with Crippen LogP contribution in [0, 0.1) is 0 Å². The number of rotatable bonds is 67. The second-order valence-electron chi connectivity index (χ2n) is 24.9. The fraction of sp³-hybridized carbons (Fsp3) is 0.878. The molecule has 0 aliphatic heterocycles. The van der Waals surface area contributed by atoms with Crippen molar-refractivity contribution in [3.05, 3.63) is 48.6 Å². The van der Waals surface area contributed by atoms with Gasteiger partial charge in [0.25, 0.3) is 0 Å². The Kier molecular flexibility index (Phi) is 66.6. The minimum atomic E-state index is -1.29. The Bertz CT molecular complexity index is 1310. The summed E-state index contributed by atoms with van der Waals surface area (Å²) >= 11 is 0. The summed E-state index contributed by atoms with van der Waals surface area (Å²) in [6, 6.07) is -1.01. The summed E-state index contributed by atoms with van der Waals surface area (Å²) in [6.07, 6.45) is 89.6. The number of carbonyl (C=O) groups excluding carboxylic acids is 1. The highest BCUT2D eigenvalue weighted by Crippen LogP contribution is 2.19. The molecule has 4 unspecified atom stereocenters. The fourth-order valence-electron chi connectivity index (χ4n) is 11.4. The van der Waals surface area contributed by atoms with Gasteiger partial charge in [-0.2, -0.15) is 0 Å². The monoisotopic (exact) mass is 1120 g/mol. The van der Waals surface area contributed by atoms with E-state index in [9.17, 15) is 25.2 Å². The molecule has 6 heteroatoms. The molecule has 0 bridgehead atoms. The summed E-state index contributed by atoms with van der Waals surface area (Å²) in [5, 5.41) is 44.2. The quantitative estimate of drug-likeness (QED) is 0.0308. The lowest BCUT2D eigenvalue weighted by Gasteiger charge is -2.27. The number of aliphatic hydroxyl groups excluding tert-OH is 4. The van der Waals surface area contributed by atoms with Crippen LogP contribution < -0.4 is 5.32 Å². The molecule has 0 fully saturated rings. The van der Waals surface area contributed by atoms with Gasteiger partial charge in [0.1, 0.15) is 12.2 Å². The summed E-state index contributed by atoms with van der Waals surface area (Å²) < 4.78 is 0. The number of unbranched alkanes of at least 4 members (excludes halogenated alkanes) is 50. The molecule has 0 aromatic carbocycles. The van der Waals surface area contributed by atoms with Gasteiger partial charge in [-0.25, -0.2) is 0 Å². The Hall–Kier alpha value is -1.73. The molecule has 80 heavy (non-hydrogen) atoms. The minimum Gasteiger partial charge on any atom is -0.394 e. The highest BCUT2D eigenvalue weighted by molar-refractivity contribution is 5.80. The lowest BCUT2D eigenvalue weighted by Crippen LogP contribution is -2.53. The second-order valence-corrected chi connectivity index (χ2v) is 24.9. The van der Waals surface area contributed by atoms with Gasteiger partial charge >= 0.3 is 0 Å². The zero-order chi connectivity index (χ0) is 58.0. The van der Waals surface area contributed by atoms with Crippen molar-refractivity contribution in [1.29, 1.82) is 0 Å². The predicted octanol–water partition coefficient (Wildman–Crippen LogP) is 22.4. The third-order valence-electron chi connectivity index (χ3n) is 17.0. The van der Waals surface area contributed by atoms with Gasteiger partial charge in [-0.3, -0.25) is 4.79 Å². The minimum absolute atomic E-state index is 0.361. The van der Waals surface area contributed by atoms with E-state index in [1.807, 2.05) is 0 Å². The molecule has 0 heterocycles. The van der Waals surface area contributed by atoms with Gasteiger partial charge in [0.2, 0.25) is 5.91 Å². The van der Waals surface area contributed by atoms with Crippen molar-refractivity contribution < 1.29 is 25.2 Å². The van der Waals surface area contributed by atoms with Crippen molar-refractivity contribution in [3.63, 3.8) is 0 Å². The van der Waals surface area contributed by atoms with Gasteiger partial charge in [-0.15, -0.1) is 0 Å². The SMILES string of the molecule is CCCCCCCCCCCCC/C=C\C/C=C\CCCCCCCCCCCCCCCCCCC(O)C(=O)NC(CO)C(O)C(O)CCC/C=C/CC/C=C/CCCCCCCCCCCCCCCCCCCCCCC. The molecule has 4 atom stereocenters. The molecule has 0 aliphatic carbocycles. The van der Waals surface area contributed by atoms with Crippen molar-refractivity contribution in [1.82, 2.24) is 5.32 Å². The molecule has 0 aromatic rings. The molecule has 6 nitrogen and oxygen atoms in total. The highest BCUT2D eigenvalue weighted by atomic mass is 16.3. The van der Waals surface area contributed by atoms with Crippen LogP contribution in [-0.2, 0) is 4.79 Å². The molecule has 0 spiro atoms. The predicted molar refractivity (Wildman–Crippen MR) is 353 cm³/mol. The van der Waals surface area contributed by atoms with Gasteiger partial charge in [0, 0.05) is 0 Å². The van der Waals surface area contributed by atoms with Crippen molar-refractivity contribution in [2.24, 2.45) is 0 Å². The van der Waals surface area contributed by atoms with Gasteiger partial charge < -0.3 is 25.7 Å². The van der Waals surface area contributed by atoms with E-state index in [-0.39, 0.29) is 0 Å². The molecular weight excluding hydrogens is 983 g/mol. The van der Waals surface area contributed by atoms with Crippen LogP contribution in [0.1, 0.15) is 386 Å². The average molecular weight is 1120 g/mol. The molecule has 1 amide bonds. The van der Waals surface area contributed by atoms with Gasteiger partial charge in [-0.1, -0.05) is 351 Å². The number of aliphatic hydroxyl groups is 4. The Labute approximate surface area is 500 Å². The van der Waals surface area contributed by atoms with Gasteiger partial charge in [-0.05, 0) is 83.5 Å². The Morgan fingerprint density at radius 1 is 0.312 bits per heavy atom. The first kappa shape index (κ1) is 78.3. The number of allylic oxidation sites excluding steroid dienone is 8. The third-order valence-corrected chi connectivity index (χ3v) is 17.0. The van der Waals surface area contributed by atoms with Crippen LogP contribution in [0.5, 0.6) is 0 Å². The fourth-order valence-corrected chi connectivity index (χ4v) is 11.4. The van der Waals surface area contributed by atoms with E-state index in [1.165, 1.54) is 308 Å². The molecule has 0 radical (unpaired) electrons. The average Bonchev–Trinajstić information content (AvgIpc) is 3.46. The van der Waals surface area contributed by atoms with E-state index < -0.39 is 36.9 Å². The van der Waals surface area contributed by atoms with E-state index >= 15 is 0 Å². The summed E-state index contributed by atoms with van der Waals surface area (Å²) in [5.41, 5.74) is 0. The standard InChI is InChI=1S/C74H141NO5/c1-3-5-7-9-11-13-15-17-19-21-23-25-27-29-31-33-35-36-37-38-40-42-44-46-48-50-52-54-56-58-60-62-64-66-68-72(78)74(80)75-70(69-76)73(79)71(77)67-65-63-61-59-57-55-53-51-49-47-45-43-41-39-34-32-30-28-26-24-22-20-18-16-14-12-10-8-6-4-2/h27,29,33,35,51,53,59,61,70-73,76-79H,3-26,28,30-32,34,36-50,52,54-58,60,62-69H2,1-2H3,(H,75,80)/b29-27-,35-33-,53-51+,61-59+. The molecule has 5 N–H and O–H groups in total. The number of nitrogens with one attached hydrogen (secondary N) is 1. The topological polar surface area (TPSA) is 110 Å². The van der Waals surface area contributed by atoms with Crippen LogP contribution in [0.15, 0.2) is 48.6 Å². The van der Waals surface area contributed by atoms with Crippen molar-refractivity contribution in [3.8, 4) is 0 Å². The van der Waals surface area contributed by atoms with E-state index in [1.54, 1.807) is 0 Å². The normalized spacial score (nSPS) is 13.7. The lowest BCUT2D eigenvalue weighted by molar-refractivity contribution is -0.132.